The van der Waals surface area contributed by atoms with E-state index < -0.39 is 0 Å². The van der Waals surface area contributed by atoms with Crippen molar-refractivity contribution >= 4 is 5.91 Å². The van der Waals surface area contributed by atoms with Crippen LogP contribution in [-0.4, -0.2) is 40.2 Å². The zero-order chi connectivity index (χ0) is 17.8. The summed E-state index contributed by atoms with van der Waals surface area (Å²) in [6.07, 6.45) is 1.87. The van der Waals surface area contributed by atoms with E-state index in [1.54, 1.807) is 0 Å². The van der Waals surface area contributed by atoms with E-state index >= 15 is 0 Å². The highest BCUT2D eigenvalue weighted by Gasteiger charge is 2.39. The summed E-state index contributed by atoms with van der Waals surface area (Å²) in [7, 11) is 1.92. The number of nitriles is 1. The number of amides is 1. The Labute approximate surface area is 148 Å². The van der Waals surface area contributed by atoms with Crippen molar-refractivity contribution in [1.82, 2.24) is 20.0 Å². The maximum absolute atomic E-state index is 12.6. The van der Waals surface area contributed by atoms with Crippen molar-refractivity contribution in [2.45, 2.75) is 19.4 Å². The first-order valence-corrected chi connectivity index (χ1v) is 8.49. The molecule has 25 heavy (non-hydrogen) atoms. The maximum Gasteiger partial charge on any atom is 0.225 e. The standard InChI is InChI=1S/C19H23N5O/c1-14-16(10-22-23(14)2)17-12-24(11-15-6-4-3-5-7-15)13-18(17)19(25)21-9-8-20/h3-7,10,17-18H,9,11-13H2,1-2H3,(H,21,25)/t17-,18+/m1/s1. The zero-order valence-electron chi connectivity index (χ0n) is 14.6. The van der Waals surface area contributed by atoms with Gasteiger partial charge < -0.3 is 5.32 Å². The van der Waals surface area contributed by atoms with E-state index in [0.717, 1.165) is 24.3 Å². The Balaban J connectivity index is 1.81. The molecular weight excluding hydrogens is 314 g/mol. The number of carbonyl (C=O) groups is 1. The molecule has 1 aromatic heterocycles. The molecule has 1 aromatic carbocycles. The van der Waals surface area contributed by atoms with E-state index in [1.165, 1.54) is 5.56 Å². The molecule has 0 spiro atoms. The molecule has 130 valence electrons. The molecule has 2 aromatic rings. The van der Waals surface area contributed by atoms with E-state index in [0.29, 0.717) is 6.54 Å². The Kier molecular flexibility index (Phi) is 5.15. The molecule has 0 radical (unpaired) electrons. The smallest absolute Gasteiger partial charge is 0.225 e. The third-order valence-corrected chi connectivity index (χ3v) is 5.00. The molecule has 2 heterocycles. The Morgan fingerprint density at radius 2 is 2.12 bits per heavy atom. The van der Waals surface area contributed by atoms with Gasteiger partial charge >= 0.3 is 0 Å². The second-order valence-electron chi connectivity index (χ2n) is 6.58. The number of benzene rings is 1. The van der Waals surface area contributed by atoms with Crippen molar-refractivity contribution < 1.29 is 4.79 Å². The molecule has 1 N–H and O–H groups in total. The molecule has 0 aliphatic carbocycles. The molecule has 1 aliphatic rings. The molecule has 1 fully saturated rings. The summed E-state index contributed by atoms with van der Waals surface area (Å²) in [5, 5.41) is 15.8. The monoisotopic (exact) mass is 337 g/mol. The minimum absolute atomic E-state index is 0.0484. The Bertz CT molecular complexity index is 777. The second-order valence-corrected chi connectivity index (χ2v) is 6.58. The molecule has 6 heteroatoms. The van der Waals surface area contributed by atoms with Gasteiger partial charge in [0.25, 0.3) is 0 Å². The van der Waals surface area contributed by atoms with Gasteiger partial charge in [0.1, 0.15) is 6.54 Å². The molecule has 0 bridgehead atoms. The third-order valence-electron chi connectivity index (χ3n) is 5.00. The second kappa shape index (κ2) is 7.49. The predicted molar refractivity (Wildman–Crippen MR) is 94.5 cm³/mol. The van der Waals surface area contributed by atoms with Crippen LogP contribution in [0.5, 0.6) is 0 Å². The number of carbonyl (C=O) groups excluding carboxylic acids is 1. The van der Waals surface area contributed by atoms with E-state index in [4.69, 9.17) is 5.26 Å². The average molecular weight is 337 g/mol. The molecule has 1 amide bonds. The van der Waals surface area contributed by atoms with E-state index in [-0.39, 0.29) is 24.3 Å². The highest BCUT2D eigenvalue weighted by Crippen LogP contribution is 2.35. The van der Waals surface area contributed by atoms with Gasteiger partial charge in [0.15, 0.2) is 0 Å². The Morgan fingerprint density at radius 1 is 1.36 bits per heavy atom. The summed E-state index contributed by atoms with van der Waals surface area (Å²) >= 11 is 0. The minimum atomic E-state index is -0.167. The summed E-state index contributed by atoms with van der Waals surface area (Å²) in [6.45, 7) is 4.40. The van der Waals surface area contributed by atoms with Gasteiger partial charge in [-0.3, -0.25) is 14.4 Å². The van der Waals surface area contributed by atoms with Gasteiger partial charge in [0.2, 0.25) is 5.91 Å². The van der Waals surface area contributed by atoms with Crippen molar-refractivity contribution in [3.8, 4) is 6.07 Å². The van der Waals surface area contributed by atoms with Crippen LogP contribution in [0.15, 0.2) is 36.5 Å². The fraction of sp³-hybridized carbons (Fsp3) is 0.421. The lowest BCUT2D eigenvalue weighted by Gasteiger charge is -2.17. The third kappa shape index (κ3) is 3.72. The SMILES string of the molecule is Cc1c([C@H]2CN(Cc3ccccc3)C[C@@H]2C(=O)NCC#N)cnn1C. The predicted octanol–water partition coefficient (Wildman–Crippen LogP) is 1.58. The van der Waals surface area contributed by atoms with Gasteiger partial charge in [-0.15, -0.1) is 0 Å². The quantitative estimate of drug-likeness (QED) is 0.841. The van der Waals surface area contributed by atoms with Crippen LogP contribution in [0.4, 0.5) is 0 Å². The van der Waals surface area contributed by atoms with Crippen LogP contribution in [0.2, 0.25) is 0 Å². The van der Waals surface area contributed by atoms with Crippen LogP contribution >= 0.6 is 0 Å². The molecular formula is C19H23N5O. The summed E-state index contributed by atoms with van der Waals surface area (Å²) in [4.78, 5) is 14.9. The number of aryl methyl sites for hydroxylation is 1. The average Bonchev–Trinajstić information content (AvgIpc) is 3.17. The molecule has 0 unspecified atom stereocenters. The van der Waals surface area contributed by atoms with Gasteiger partial charge in [0, 0.05) is 38.3 Å². The summed E-state index contributed by atoms with van der Waals surface area (Å²) < 4.78 is 1.85. The van der Waals surface area contributed by atoms with Gasteiger partial charge in [-0.05, 0) is 18.1 Å². The van der Waals surface area contributed by atoms with Crippen LogP contribution in [0, 0.1) is 24.2 Å². The van der Waals surface area contributed by atoms with Crippen molar-refractivity contribution in [3.05, 3.63) is 53.3 Å². The Morgan fingerprint density at radius 3 is 2.76 bits per heavy atom. The van der Waals surface area contributed by atoms with Crippen molar-refractivity contribution in [3.63, 3.8) is 0 Å². The lowest BCUT2D eigenvalue weighted by molar-refractivity contribution is -0.124. The van der Waals surface area contributed by atoms with E-state index in [1.807, 2.05) is 49.1 Å². The Hall–Kier alpha value is -2.65. The molecule has 1 aliphatic heterocycles. The normalized spacial score (nSPS) is 20.4. The number of hydrogen-bond acceptors (Lipinski definition) is 4. The van der Waals surface area contributed by atoms with Crippen LogP contribution in [0.25, 0.3) is 0 Å². The fourth-order valence-corrected chi connectivity index (χ4v) is 3.57. The number of nitrogens with one attached hydrogen (secondary N) is 1. The number of nitrogens with zero attached hydrogens (tertiary/aromatic N) is 4. The number of likely N-dealkylation sites (tertiary alicyclic amines) is 1. The first-order chi connectivity index (χ1) is 12.1. The highest BCUT2D eigenvalue weighted by molar-refractivity contribution is 5.80. The number of aromatic nitrogens is 2. The van der Waals surface area contributed by atoms with Gasteiger partial charge in [-0.2, -0.15) is 10.4 Å². The lowest BCUT2D eigenvalue weighted by atomic mass is 9.88. The number of rotatable bonds is 5. The van der Waals surface area contributed by atoms with Crippen molar-refractivity contribution in [2.75, 3.05) is 19.6 Å². The molecule has 1 saturated heterocycles. The first-order valence-electron chi connectivity index (χ1n) is 8.49. The van der Waals surface area contributed by atoms with Crippen LogP contribution in [0.3, 0.4) is 0 Å². The molecule has 0 saturated carbocycles. The zero-order valence-corrected chi connectivity index (χ0v) is 14.6. The van der Waals surface area contributed by atoms with Gasteiger partial charge in [-0.1, -0.05) is 30.3 Å². The van der Waals surface area contributed by atoms with Gasteiger partial charge in [-0.25, -0.2) is 0 Å². The maximum atomic E-state index is 12.6. The highest BCUT2D eigenvalue weighted by atomic mass is 16.1. The number of hydrogen-bond donors (Lipinski definition) is 1. The topological polar surface area (TPSA) is 74.0 Å². The van der Waals surface area contributed by atoms with Crippen molar-refractivity contribution in [2.24, 2.45) is 13.0 Å². The largest absolute Gasteiger partial charge is 0.343 e. The molecule has 6 nitrogen and oxygen atoms in total. The summed E-state index contributed by atoms with van der Waals surface area (Å²) in [5.41, 5.74) is 3.45. The van der Waals surface area contributed by atoms with Crippen LogP contribution in [-0.2, 0) is 18.4 Å². The van der Waals surface area contributed by atoms with E-state index in [9.17, 15) is 4.79 Å². The van der Waals surface area contributed by atoms with Crippen LogP contribution < -0.4 is 5.32 Å². The van der Waals surface area contributed by atoms with Crippen LogP contribution in [0.1, 0.15) is 22.7 Å². The lowest BCUT2D eigenvalue weighted by Crippen LogP contribution is -2.35. The summed E-state index contributed by atoms with van der Waals surface area (Å²) in [6, 6.07) is 12.3. The van der Waals surface area contributed by atoms with Gasteiger partial charge in [0.05, 0.1) is 18.2 Å². The molecule has 3 rings (SSSR count). The summed E-state index contributed by atoms with van der Waals surface area (Å²) in [5.74, 6) is -0.124. The van der Waals surface area contributed by atoms with Crippen molar-refractivity contribution in [1.29, 1.82) is 5.26 Å². The first kappa shape index (κ1) is 17.2. The molecule has 2 atom stereocenters. The fourth-order valence-electron chi connectivity index (χ4n) is 3.57. The van der Waals surface area contributed by atoms with E-state index in [2.05, 4.69) is 27.4 Å². The minimum Gasteiger partial charge on any atom is -0.343 e.